The van der Waals surface area contributed by atoms with Gasteiger partial charge in [0.2, 0.25) is 0 Å². The van der Waals surface area contributed by atoms with Gasteiger partial charge in [0.25, 0.3) is 0 Å². The van der Waals surface area contributed by atoms with Crippen molar-refractivity contribution in [3.8, 4) is 0 Å². The quantitative estimate of drug-likeness (QED) is 0.743. The van der Waals surface area contributed by atoms with Gasteiger partial charge in [-0.3, -0.25) is 9.80 Å². The van der Waals surface area contributed by atoms with Crippen molar-refractivity contribution >= 4 is 0 Å². The monoisotopic (exact) mass is 348 g/mol. The normalized spacial score (nSPS) is 23.0. The third kappa shape index (κ3) is 5.50. The maximum absolute atomic E-state index is 13.8. The molecule has 25 heavy (non-hydrogen) atoms. The molecule has 0 radical (unpaired) electrons. The van der Waals surface area contributed by atoms with E-state index in [1.807, 2.05) is 12.1 Å². The number of benzene rings is 1. The van der Waals surface area contributed by atoms with Crippen LogP contribution in [0.5, 0.6) is 0 Å². The molecule has 2 aliphatic rings. The molecule has 1 aromatic carbocycles. The summed E-state index contributed by atoms with van der Waals surface area (Å²) in [4.78, 5) is 5.00. The SMILES string of the molecule is CC(C)N(CC1CCN(Cc2ccccc2F)CC1)C[C@H]1CCCO1. The zero-order chi connectivity index (χ0) is 17.6. The molecule has 2 saturated heterocycles. The van der Waals surface area contributed by atoms with Crippen LogP contribution < -0.4 is 0 Å². The minimum atomic E-state index is -0.0767. The summed E-state index contributed by atoms with van der Waals surface area (Å²) in [5.74, 6) is 0.674. The smallest absolute Gasteiger partial charge is 0.127 e. The lowest BCUT2D eigenvalue weighted by Crippen LogP contribution is -2.43. The van der Waals surface area contributed by atoms with Crippen molar-refractivity contribution in [3.05, 3.63) is 35.6 Å². The Bertz CT molecular complexity index is 522. The molecular weight excluding hydrogens is 315 g/mol. The predicted molar refractivity (Wildman–Crippen MR) is 100 cm³/mol. The molecule has 0 amide bonds. The number of nitrogens with zero attached hydrogens (tertiary/aromatic N) is 2. The van der Waals surface area contributed by atoms with Crippen LogP contribution in [-0.2, 0) is 11.3 Å². The highest BCUT2D eigenvalue weighted by Crippen LogP contribution is 2.23. The van der Waals surface area contributed by atoms with Crippen LogP contribution in [0.2, 0.25) is 0 Å². The number of likely N-dealkylation sites (tertiary alicyclic amines) is 1. The maximum atomic E-state index is 13.8. The molecule has 2 aliphatic heterocycles. The van der Waals surface area contributed by atoms with Gasteiger partial charge in [0, 0.05) is 37.8 Å². The van der Waals surface area contributed by atoms with Crippen LogP contribution in [-0.4, -0.2) is 54.7 Å². The van der Waals surface area contributed by atoms with Crippen molar-refractivity contribution in [2.75, 3.05) is 32.8 Å². The van der Waals surface area contributed by atoms with E-state index in [2.05, 4.69) is 23.6 Å². The average molecular weight is 349 g/mol. The van der Waals surface area contributed by atoms with Crippen LogP contribution >= 0.6 is 0 Å². The summed E-state index contributed by atoms with van der Waals surface area (Å²) in [5, 5.41) is 0. The molecule has 4 heteroatoms. The number of ether oxygens (including phenoxy) is 1. The van der Waals surface area contributed by atoms with Crippen LogP contribution in [0, 0.1) is 11.7 Å². The maximum Gasteiger partial charge on any atom is 0.127 e. The molecule has 140 valence electrons. The summed E-state index contributed by atoms with van der Waals surface area (Å²) in [5.41, 5.74) is 0.822. The predicted octanol–water partition coefficient (Wildman–Crippen LogP) is 3.93. The van der Waals surface area contributed by atoms with E-state index in [1.54, 1.807) is 12.1 Å². The van der Waals surface area contributed by atoms with Crippen molar-refractivity contribution in [1.82, 2.24) is 9.80 Å². The number of halogens is 1. The Labute approximate surface area is 152 Å². The molecule has 3 rings (SSSR count). The Morgan fingerprint density at radius 1 is 1.16 bits per heavy atom. The van der Waals surface area contributed by atoms with Crippen LogP contribution in [0.3, 0.4) is 0 Å². The van der Waals surface area contributed by atoms with Crippen molar-refractivity contribution in [2.24, 2.45) is 5.92 Å². The largest absolute Gasteiger partial charge is 0.377 e. The molecule has 0 unspecified atom stereocenters. The Morgan fingerprint density at radius 3 is 2.56 bits per heavy atom. The van der Waals surface area contributed by atoms with Gasteiger partial charge in [0.1, 0.15) is 5.82 Å². The Morgan fingerprint density at radius 2 is 1.92 bits per heavy atom. The number of piperidine rings is 1. The van der Waals surface area contributed by atoms with Gasteiger partial charge in [-0.25, -0.2) is 4.39 Å². The summed E-state index contributed by atoms with van der Waals surface area (Å²) >= 11 is 0. The fraction of sp³-hybridized carbons (Fsp3) is 0.714. The van der Waals surface area contributed by atoms with Crippen molar-refractivity contribution in [3.63, 3.8) is 0 Å². The number of rotatable bonds is 7. The van der Waals surface area contributed by atoms with E-state index < -0.39 is 0 Å². The summed E-state index contributed by atoms with van der Waals surface area (Å²) in [6.07, 6.45) is 5.28. The lowest BCUT2D eigenvalue weighted by Gasteiger charge is -2.37. The van der Waals surface area contributed by atoms with E-state index in [0.29, 0.717) is 12.1 Å². The molecule has 1 aromatic rings. The first kappa shape index (κ1) is 18.8. The lowest BCUT2D eigenvalue weighted by atomic mass is 9.95. The minimum absolute atomic E-state index is 0.0767. The Balaban J connectivity index is 1.45. The van der Waals surface area contributed by atoms with E-state index in [-0.39, 0.29) is 5.82 Å². The number of hydrogen-bond acceptors (Lipinski definition) is 3. The summed E-state index contributed by atoms with van der Waals surface area (Å²) < 4.78 is 19.7. The van der Waals surface area contributed by atoms with Gasteiger partial charge < -0.3 is 4.74 Å². The second kappa shape index (κ2) is 9.11. The first-order chi connectivity index (χ1) is 12.1. The molecule has 3 nitrogen and oxygen atoms in total. The van der Waals surface area contributed by atoms with Gasteiger partial charge >= 0.3 is 0 Å². The second-order valence-electron chi connectivity index (χ2n) is 7.99. The molecule has 0 saturated carbocycles. The first-order valence-corrected chi connectivity index (χ1v) is 9.93. The van der Waals surface area contributed by atoms with Gasteiger partial charge in [0.05, 0.1) is 6.10 Å². The molecule has 2 fully saturated rings. The van der Waals surface area contributed by atoms with E-state index in [0.717, 1.165) is 44.3 Å². The van der Waals surface area contributed by atoms with E-state index >= 15 is 0 Å². The highest BCUT2D eigenvalue weighted by atomic mass is 19.1. The van der Waals surface area contributed by atoms with Crippen LogP contribution in [0.15, 0.2) is 24.3 Å². The van der Waals surface area contributed by atoms with Crippen molar-refractivity contribution in [1.29, 1.82) is 0 Å². The lowest BCUT2D eigenvalue weighted by molar-refractivity contribution is 0.0477. The van der Waals surface area contributed by atoms with Crippen LogP contribution in [0.4, 0.5) is 4.39 Å². The van der Waals surface area contributed by atoms with Crippen LogP contribution in [0.1, 0.15) is 45.1 Å². The van der Waals surface area contributed by atoms with E-state index in [4.69, 9.17) is 4.74 Å². The molecular formula is C21H33FN2O. The zero-order valence-corrected chi connectivity index (χ0v) is 15.8. The molecule has 2 heterocycles. The Hall–Kier alpha value is -0.970. The zero-order valence-electron chi connectivity index (χ0n) is 15.8. The molecule has 0 aromatic heterocycles. The van der Waals surface area contributed by atoms with Gasteiger partial charge in [0.15, 0.2) is 0 Å². The third-order valence-electron chi connectivity index (χ3n) is 5.74. The van der Waals surface area contributed by atoms with E-state index in [1.165, 1.54) is 32.2 Å². The molecule has 0 spiro atoms. The van der Waals surface area contributed by atoms with Gasteiger partial charge in [-0.15, -0.1) is 0 Å². The fourth-order valence-electron chi connectivity index (χ4n) is 4.07. The minimum Gasteiger partial charge on any atom is -0.377 e. The first-order valence-electron chi connectivity index (χ1n) is 9.93. The standard InChI is InChI=1S/C21H33FN2O/c1-17(2)24(16-20-7-5-13-25-20)14-18-9-11-23(12-10-18)15-19-6-3-4-8-21(19)22/h3-4,6,8,17-18,20H,5,7,9-16H2,1-2H3/t20-/m1/s1. The van der Waals surface area contributed by atoms with Crippen molar-refractivity contribution in [2.45, 2.75) is 58.2 Å². The van der Waals surface area contributed by atoms with Crippen LogP contribution in [0.25, 0.3) is 0 Å². The molecule has 1 atom stereocenters. The number of hydrogen-bond donors (Lipinski definition) is 0. The Kier molecular flexibility index (Phi) is 6.85. The summed E-state index contributed by atoms with van der Waals surface area (Å²) in [6, 6.07) is 7.73. The van der Waals surface area contributed by atoms with Gasteiger partial charge in [-0.2, -0.15) is 0 Å². The van der Waals surface area contributed by atoms with E-state index in [9.17, 15) is 4.39 Å². The van der Waals surface area contributed by atoms with Gasteiger partial charge in [-0.1, -0.05) is 18.2 Å². The van der Waals surface area contributed by atoms with Gasteiger partial charge in [-0.05, 0) is 64.6 Å². The molecule has 0 aliphatic carbocycles. The summed E-state index contributed by atoms with van der Waals surface area (Å²) in [6.45, 7) is 10.7. The van der Waals surface area contributed by atoms with Crippen molar-refractivity contribution < 1.29 is 9.13 Å². The summed E-state index contributed by atoms with van der Waals surface area (Å²) in [7, 11) is 0. The highest BCUT2D eigenvalue weighted by Gasteiger charge is 2.26. The average Bonchev–Trinajstić information content (AvgIpc) is 3.11. The fourth-order valence-corrected chi connectivity index (χ4v) is 4.07. The second-order valence-corrected chi connectivity index (χ2v) is 7.99. The third-order valence-corrected chi connectivity index (χ3v) is 5.74. The highest BCUT2D eigenvalue weighted by molar-refractivity contribution is 5.17. The molecule has 0 bridgehead atoms. The molecule has 0 N–H and O–H groups in total. The topological polar surface area (TPSA) is 15.7 Å².